The summed E-state index contributed by atoms with van der Waals surface area (Å²) in [5.74, 6) is 4.00. The number of nitrogens with zero attached hydrogens (tertiary/aromatic N) is 1. The molecule has 112 valence electrons. The Labute approximate surface area is 122 Å². The maximum atomic E-state index is 13.6. The Bertz CT molecular complexity index is 646. The average Bonchev–Trinajstić information content (AvgIpc) is 2.40. The third-order valence-electron chi connectivity index (χ3n) is 2.86. The van der Waals surface area contributed by atoms with Gasteiger partial charge in [-0.15, -0.1) is 0 Å². The van der Waals surface area contributed by atoms with Crippen LogP contribution >= 0.6 is 11.6 Å². The summed E-state index contributed by atoms with van der Waals surface area (Å²) >= 11 is 5.96. The van der Waals surface area contributed by atoms with Crippen LogP contribution in [0.15, 0.2) is 36.5 Å². The van der Waals surface area contributed by atoms with Crippen LogP contribution in [0.5, 0.6) is 0 Å². The lowest BCUT2D eigenvalue weighted by molar-refractivity contribution is -0.140. The number of halogens is 5. The van der Waals surface area contributed by atoms with Gasteiger partial charge in [-0.1, -0.05) is 17.7 Å². The van der Waals surface area contributed by atoms with E-state index in [1.807, 2.05) is 0 Å². The molecular formula is C13H10ClF4N3. The van der Waals surface area contributed by atoms with Gasteiger partial charge in [0.15, 0.2) is 0 Å². The summed E-state index contributed by atoms with van der Waals surface area (Å²) in [5, 5.41) is 0.265. The molecule has 0 aliphatic carbocycles. The van der Waals surface area contributed by atoms with Crippen molar-refractivity contribution in [1.29, 1.82) is 0 Å². The number of benzene rings is 1. The molecule has 0 fully saturated rings. The minimum absolute atomic E-state index is 0.184. The molecule has 1 unspecified atom stereocenters. The van der Waals surface area contributed by atoms with Crippen molar-refractivity contribution in [2.45, 2.75) is 12.2 Å². The Kier molecular flexibility index (Phi) is 4.46. The van der Waals surface area contributed by atoms with E-state index in [-0.39, 0.29) is 10.6 Å². The summed E-state index contributed by atoms with van der Waals surface area (Å²) in [6.45, 7) is 0. The fourth-order valence-electron chi connectivity index (χ4n) is 1.88. The minimum atomic E-state index is -4.75. The van der Waals surface area contributed by atoms with Crippen LogP contribution in [0, 0.1) is 5.82 Å². The highest BCUT2D eigenvalue weighted by Crippen LogP contribution is 2.33. The van der Waals surface area contributed by atoms with Gasteiger partial charge in [0.2, 0.25) is 0 Å². The van der Waals surface area contributed by atoms with E-state index < -0.39 is 23.6 Å². The number of aromatic nitrogens is 1. The van der Waals surface area contributed by atoms with Gasteiger partial charge >= 0.3 is 6.18 Å². The van der Waals surface area contributed by atoms with Crippen LogP contribution in [0.4, 0.5) is 17.6 Å². The maximum absolute atomic E-state index is 13.6. The Morgan fingerprint density at radius 2 is 1.95 bits per heavy atom. The fraction of sp³-hybridized carbons (Fsp3) is 0.154. The monoisotopic (exact) mass is 319 g/mol. The van der Waals surface area contributed by atoms with E-state index in [1.165, 1.54) is 6.20 Å². The Hall–Kier alpha value is -1.70. The van der Waals surface area contributed by atoms with Crippen molar-refractivity contribution in [2.24, 2.45) is 5.84 Å². The van der Waals surface area contributed by atoms with Crippen LogP contribution in [0.2, 0.25) is 5.02 Å². The number of rotatable bonds is 3. The second-order valence-electron chi connectivity index (χ2n) is 4.21. The quantitative estimate of drug-likeness (QED) is 0.517. The van der Waals surface area contributed by atoms with Crippen LogP contribution in [0.25, 0.3) is 0 Å². The number of hydrogen-bond acceptors (Lipinski definition) is 3. The van der Waals surface area contributed by atoms with Crippen LogP contribution in [0.1, 0.15) is 22.9 Å². The molecule has 8 heteroatoms. The van der Waals surface area contributed by atoms with Gasteiger partial charge in [-0.2, -0.15) is 13.2 Å². The largest absolute Gasteiger partial charge is 0.419 e. The lowest BCUT2D eigenvalue weighted by Crippen LogP contribution is -2.30. The first-order valence-corrected chi connectivity index (χ1v) is 6.15. The molecule has 2 rings (SSSR count). The zero-order valence-corrected chi connectivity index (χ0v) is 11.2. The van der Waals surface area contributed by atoms with E-state index in [4.69, 9.17) is 17.4 Å². The van der Waals surface area contributed by atoms with E-state index >= 15 is 0 Å². The number of nitrogens with one attached hydrogen (secondary N) is 1. The highest BCUT2D eigenvalue weighted by molar-refractivity contribution is 6.31. The molecule has 0 bridgehead atoms. The third kappa shape index (κ3) is 3.31. The Morgan fingerprint density at radius 1 is 1.24 bits per heavy atom. The SMILES string of the molecule is NNC(c1ccc(C(F)(F)F)c(F)c1)c1ncccc1Cl. The molecule has 0 saturated carbocycles. The summed E-state index contributed by atoms with van der Waals surface area (Å²) in [5.41, 5.74) is 1.50. The van der Waals surface area contributed by atoms with Gasteiger partial charge in [0.25, 0.3) is 0 Å². The molecule has 0 aliphatic heterocycles. The number of hydrogen-bond donors (Lipinski definition) is 2. The zero-order chi connectivity index (χ0) is 15.6. The molecule has 0 radical (unpaired) electrons. The molecule has 0 aliphatic rings. The van der Waals surface area contributed by atoms with Crippen molar-refractivity contribution in [3.05, 3.63) is 64.2 Å². The topological polar surface area (TPSA) is 50.9 Å². The average molecular weight is 320 g/mol. The molecule has 0 saturated heterocycles. The fourth-order valence-corrected chi connectivity index (χ4v) is 2.11. The highest BCUT2D eigenvalue weighted by Gasteiger charge is 2.34. The first-order chi connectivity index (χ1) is 9.84. The van der Waals surface area contributed by atoms with E-state index in [0.29, 0.717) is 11.8 Å². The predicted molar refractivity (Wildman–Crippen MR) is 69.8 cm³/mol. The van der Waals surface area contributed by atoms with Crippen LogP contribution in [-0.4, -0.2) is 4.98 Å². The molecule has 0 spiro atoms. The second-order valence-corrected chi connectivity index (χ2v) is 4.61. The van der Waals surface area contributed by atoms with Gasteiger partial charge in [-0.25, -0.2) is 9.82 Å². The number of nitrogens with two attached hydrogens (primary N) is 1. The second kappa shape index (κ2) is 5.97. The lowest BCUT2D eigenvalue weighted by Gasteiger charge is -2.18. The highest BCUT2D eigenvalue weighted by atomic mass is 35.5. The van der Waals surface area contributed by atoms with Crippen molar-refractivity contribution < 1.29 is 17.6 Å². The van der Waals surface area contributed by atoms with Crippen molar-refractivity contribution in [3.8, 4) is 0 Å². The van der Waals surface area contributed by atoms with Crippen LogP contribution < -0.4 is 11.3 Å². The van der Waals surface area contributed by atoms with Gasteiger partial charge in [-0.3, -0.25) is 10.8 Å². The summed E-state index contributed by atoms with van der Waals surface area (Å²) in [7, 11) is 0. The predicted octanol–water partition coefficient (Wildman–Crippen LogP) is 3.45. The standard InChI is InChI=1S/C13H10ClF4N3/c14-9-2-1-5-20-12(9)11(21-19)7-3-4-8(10(15)6-7)13(16,17)18/h1-6,11,21H,19H2. The maximum Gasteiger partial charge on any atom is 0.419 e. The zero-order valence-electron chi connectivity index (χ0n) is 10.5. The molecule has 1 aromatic heterocycles. The molecule has 1 aromatic carbocycles. The summed E-state index contributed by atoms with van der Waals surface area (Å²) < 4.78 is 51.2. The number of pyridine rings is 1. The third-order valence-corrected chi connectivity index (χ3v) is 3.18. The van der Waals surface area contributed by atoms with Crippen LogP contribution in [-0.2, 0) is 6.18 Å². The molecule has 2 aromatic rings. The summed E-state index contributed by atoms with van der Waals surface area (Å²) in [6, 6.07) is 4.86. The van der Waals surface area contributed by atoms with Gasteiger partial charge < -0.3 is 0 Å². The van der Waals surface area contributed by atoms with Gasteiger partial charge in [0.1, 0.15) is 5.82 Å². The number of hydrazine groups is 1. The summed E-state index contributed by atoms with van der Waals surface area (Å²) in [4.78, 5) is 4.01. The van der Waals surface area contributed by atoms with E-state index in [2.05, 4.69) is 10.4 Å². The smallest absolute Gasteiger partial charge is 0.271 e. The van der Waals surface area contributed by atoms with Crippen LogP contribution in [0.3, 0.4) is 0 Å². The van der Waals surface area contributed by atoms with E-state index in [9.17, 15) is 17.6 Å². The first kappa shape index (κ1) is 15.7. The Balaban J connectivity index is 2.45. The van der Waals surface area contributed by atoms with Crippen molar-refractivity contribution in [3.63, 3.8) is 0 Å². The number of alkyl halides is 3. The van der Waals surface area contributed by atoms with E-state index in [1.54, 1.807) is 12.1 Å². The van der Waals surface area contributed by atoms with E-state index in [0.717, 1.165) is 12.1 Å². The van der Waals surface area contributed by atoms with Crippen molar-refractivity contribution in [2.75, 3.05) is 0 Å². The molecule has 3 nitrogen and oxygen atoms in total. The molecule has 21 heavy (non-hydrogen) atoms. The van der Waals surface area contributed by atoms with Crippen molar-refractivity contribution >= 4 is 11.6 Å². The molecule has 0 amide bonds. The molecule has 1 heterocycles. The van der Waals surface area contributed by atoms with Crippen molar-refractivity contribution in [1.82, 2.24) is 10.4 Å². The molecule has 1 atom stereocenters. The summed E-state index contributed by atoms with van der Waals surface area (Å²) in [6.07, 6.45) is -3.30. The Morgan fingerprint density at radius 3 is 2.48 bits per heavy atom. The first-order valence-electron chi connectivity index (χ1n) is 5.77. The van der Waals surface area contributed by atoms with Gasteiger partial charge in [0.05, 0.1) is 22.3 Å². The molecule has 3 N–H and O–H groups in total. The normalized spacial score (nSPS) is 13.2. The molecular weight excluding hydrogens is 310 g/mol. The van der Waals surface area contributed by atoms with Gasteiger partial charge in [-0.05, 0) is 29.8 Å². The van der Waals surface area contributed by atoms with Gasteiger partial charge in [0, 0.05) is 6.20 Å². The lowest BCUT2D eigenvalue weighted by atomic mass is 10.0. The minimum Gasteiger partial charge on any atom is -0.271 e.